The molecule has 0 saturated carbocycles. The summed E-state index contributed by atoms with van der Waals surface area (Å²) >= 11 is 0. The summed E-state index contributed by atoms with van der Waals surface area (Å²) in [6.45, 7) is 0. The van der Waals surface area contributed by atoms with Gasteiger partial charge in [-0.2, -0.15) is 0 Å². The molecule has 9 aromatic carbocycles. The Hall–Kier alpha value is -8.41. The molecule has 5 heteroatoms. The third-order valence-electron chi connectivity index (χ3n) is 11.9. The van der Waals surface area contributed by atoms with E-state index in [1.54, 1.807) is 0 Å². The molecule has 0 saturated heterocycles. The van der Waals surface area contributed by atoms with Gasteiger partial charge in [0, 0.05) is 43.9 Å². The fraction of sp³-hybridized carbons (Fsp3) is 0. The Kier molecular flexibility index (Phi) is 8.42. The normalized spacial score (nSPS) is 11.5. The van der Waals surface area contributed by atoms with Crippen molar-refractivity contribution in [3.05, 3.63) is 218 Å². The average molecular weight is 793 g/mol. The summed E-state index contributed by atoms with van der Waals surface area (Å²) in [5.74, 6) is 1.78. The topological polar surface area (TPSA) is 56.7 Å². The highest BCUT2D eigenvalue weighted by Crippen LogP contribution is 2.42. The van der Waals surface area contributed by atoms with Crippen LogP contribution in [-0.2, 0) is 0 Å². The lowest BCUT2D eigenvalue weighted by atomic mass is 10.0. The second kappa shape index (κ2) is 14.7. The summed E-state index contributed by atoms with van der Waals surface area (Å²) < 4.78 is 9.09. The predicted molar refractivity (Wildman–Crippen MR) is 254 cm³/mol. The first-order valence-electron chi connectivity index (χ1n) is 20.8. The van der Waals surface area contributed by atoms with Gasteiger partial charge in [-0.1, -0.05) is 182 Å². The van der Waals surface area contributed by atoms with Gasteiger partial charge in [0.15, 0.2) is 17.5 Å². The van der Waals surface area contributed by atoms with E-state index in [1.165, 1.54) is 10.9 Å². The molecule has 0 bridgehead atoms. The molecule has 0 unspecified atom stereocenters. The molecule has 12 aromatic rings. The monoisotopic (exact) mass is 792 g/mol. The van der Waals surface area contributed by atoms with Crippen LogP contribution in [0.4, 0.5) is 0 Å². The van der Waals surface area contributed by atoms with Crippen molar-refractivity contribution >= 4 is 43.7 Å². The molecule has 0 radical (unpaired) electrons. The van der Waals surface area contributed by atoms with Crippen LogP contribution in [0.2, 0.25) is 0 Å². The molecule has 0 aliphatic carbocycles. The number of benzene rings is 9. The van der Waals surface area contributed by atoms with E-state index in [0.717, 1.165) is 88.6 Å². The molecule has 0 N–H and O–H groups in total. The minimum atomic E-state index is 0.578. The van der Waals surface area contributed by atoms with E-state index >= 15 is 0 Å². The van der Waals surface area contributed by atoms with Crippen molar-refractivity contribution in [2.24, 2.45) is 0 Å². The maximum absolute atomic E-state index is 6.72. The second-order valence-corrected chi connectivity index (χ2v) is 15.6. The Labute approximate surface area is 357 Å². The maximum atomic E-state index is 6.72. The van der Waals surface area contributed by atoms with Crippen LogP contribution in [0.1, 0.15) is 0 Å². The highest BCUT2D eigenvalue weighted by atomic mass is 16.3. The number of fused-ring (bicyclic) bond motifs is 6. The van der Waals surface area contributed by atoms with Crippen LogP contribution >= 0.6 is 0 Å². The number of nitrogens with zero attached hydrogens (tertiary/aromatic N) is 4. The number of hydrogen-bond acceptors (Lipinski definition) is 4. The van der Waals surface area contributed by atoms with Crippen LogP contribution < -0.4 is 0 Å². The van der Waals surface area contributed by atoms with Crippen molar-refractivity contribution in [1.29, 1.82) is 0 Å². The first kappa shape index (κ1) is 35.5. The molecule has 0 amide bonds. The fourth-order valence-electron chi connectivity index (χ4n) is 8.85. The Morgan fingerprint density at radius 2 is 0.806 bits per heavy atom. The van der Waals surface area contributed by atoms with Crippen molar-refractivity contribution in [1.82, 2.24) is 19.5 Å². The predicted octanol–water partition coefficient (Wildman–Crippen LogP) is 14.9. The van der Waals surface area contributed by atoms with Crippen LogP contribution in [0.25, 0.3) is 117 Å². The zero-order valence-electron chi connectivity index (χ0n) is 33.5. The Morgan fingerprint density at radius 1 is 0.306 bits per heavy atom. The van der Waals surface area contributed by atoms with E-state index < -0.39 is 0 Å². The quantitative estimate of drug-likeness (QED) is 0.161. The largest absolute Gasteiger partial charge is 0.456 e. The molecule has 0 atom stereocenters. The summed E-state index contributed by atoms with van der Waals surface area (Å²) in [5.41, 5.74) is 14.5. The molecule has 290 valence electrons. The number of aromatic nitrogens is 4. The lowest BCUT2D eigenvalue weighted by Crippen LogP contribution is -2.00. The van der Waals surface area contributed by atoms with Crippen LogP contribution in [-0.4, -0.2) is 19.5 Å². The van der Waals surface area contributed by atoms with E-state index in [9.17, 15) is 0 Å². The van der Waals surface area contributed by atoms with Crippen molar-refractivity contribution < 1.29 is 4.42 Å². The van der Waals surface area contributed by atoms with Gasteiger partial charge in [0.25, 0.3) is 0 Å². The molecule has 3 aromatic heterocycles. The van der Waals surface area contributed by atoms with Crippen molar-refractivity contribution in [3.8, 4) is 73.2 Å². The van der Waals surface area contributed by atoms with E-state index in [2.05, 4.69) is 199 Å². The standard InChI is InChI=1S/C57H36N4O/c1-4-14-37(15-5-1)40-26-30-42(31-27-40)55-58-56(43-32-28-41(29-33-43)38-16-6-2-7-17-38)60-57(59-55)47-23-13-25-52-54(47)49-35-51-48(36-53(49)62-52)46-22-10-11-24-50(46)61(51)45-21-12-20-44(34-45)39-18-8-3-9-19-39/h1-36H. The smallest absolute Gasteiger partial charge is 0.164 e. The highest BCUT2D eigenvalue weighted by Gasteiger charge is 2.21. The van der Waals surface area contributed by atoms with Crippen LogP contribution in [0.3, 0.4) is 0 Å². The van der Waals surface area contributed by atoms with Gasteiger partial charge in [-0.15, -0.1) is 0 Å². The average Bonchev–Trinajstić information content (AvgIpc) is 3.89. The number of rotatable bonds is 7. The zero-order valence-corrected chi connectivity index (χ0v) is 33.5. The third kappa shape index (κ3) is 6.14. The highest BCUT2D eigenvalue weighted by molar-refractivity contribution is 6.19. The van der Waals surface area contributed by atoms with Crippen molar-refractivity contribution in [2.45, 2.75) is 0 Å². The van der Waals surface area contributed by atoms with Crippen LogP contribution in [0.5, 0.6) is 0 Å². The minimum absolute atomic E-state index is 0.578. The van der Waals surface area contributed by atoms with Crippen molar-refractivity contribution in [2.75, 3.05) is 0 Å². The Balaban J connectivity index is 1.05. The molecule has 12 rings (SSSR count). The summed E-state index contributed by atoms with van der Waals surface area (Å²) in [6, 6.07) is 76.3. The summed E-state index contributed by atoms with van der Waals surface area (Å²) in [4.78, 5) is 15.6. The maximum Gasteiger partial charge on any atom is 0.164 e. The molecular weight excluding hydrogens is 757 g/mol. The number of hydrogen-bond donors (Lipinski definition) is 0. The molecule has 0 fully saturated rings. The summed E-state index contributed by atoms with van der Waals surface area (Å²) in [7, 11) is 0. The summed E-state index contributed by atoms with van der Waals surface area (Å²) in [6.07, 6.45) is 0. The van der Waals surface area contributed by atoms with Crippen molar-refractivity contribution in [3.63, 3.8) is 0 Å². The Bertz CT molecular complexity index is 3490. The van der Waals surface area contributed by atoms with Crippen LogP contribution in [0, 0.1) is 0 Å². The molecule has 62 heavy (non-hydrogen) atoms. The van der Waals surface area contributed by atoms with Gasteiger partial charge in [0.2, 0.25) is 0 Å². The third-order valence-corrected chi connectivity index (χ3v) is 11.9. The molecule has 3 heterocycles. The SMILES string of the molecule is c1ccc(-c2ccc(-c3nc(-c4ccc(-c5ccccc5)cc4)nc(-c4cccc5oc6cc7c8ccccc8n(-c8cccc(-c9ccccc9)c8)c7cc6c45)n3)cc2)cc1. The minimum Gasteiger partial charge on any atom is -0.456 e. The lowest BCUT2D eigenvalue weighted by Gasteiger charge is -2.11. The summed E-state index contributed by atoms with van der Waals surface area (Å²) in [5, 5.41) is 4.25. The molecule has 0 aliphatic rings. The zero-order chi connectivity index (χ0) is 41.0. The van der Waals surface area contributed by atoms with Gasteiger partial charge in [-0.25, -0.2) is 15.0 Å². The van der Waals surface area contributed by atoms with Crippen LogP contribution in [0.15, 0.2) is 223 Å². The molecular formula is C57H36N4O. The van der Waals surface area contributed by atoms with Gasteiger partial charge in [-0.3, -0.25) is 0 Å². The molecule has 0 aliphatic heterocycles. The molecule has 0 spiro atoms. The van der Waals surface area contributed by atoms with Gasteiger partial charge < -0.3 is 8.98 Å². The van der Waals surface area contributed by atoms with Gasteiger partial charge in [-0.05, 0) is 69.8 Å². The fourth-order valence-corrected chi connectivity index (χ4v) is 8.85. The number of para-hydroxylation sites is 1. The van der Waals surface area contributed by atoms with E-state index in [1.807, 2.05) is 24.3 Å². The van der Waals surface area contributed by atoms with Gasteiger partial charge >= 0.3 is 0 Å². The van der Waals surface area contributed by atoms with Gasteiger partial charge in [0.05, 0.1) is 11.0 Å². The van der Waals surface area contributed by atoms with Gasteiger partial charge in [0.1, 0.15) is 11.2 Å². The lowest BCUT2D eigenvalue weighted by molar-refractivity contribution is 0.669. The number of furan rings is 1. The second-order valence-electron chi connectivity index (χ2n) is 15.6. The molecule has 5 nitrogen and oxygen atoms in total. The Morgan fingerprint density at radius 3 is 1.44 bits per heavy atom. The first-order valence-corrected chi connectivity index (χ1v) is 20.8. The van der Waals surface area contributed by atoms with E-state index in [-0.39, 0.29) is 0 Å². The van der Waals surface area contributed by atoms with E-state index in [4.69, 9.17) is 19.4 Å². The first-order chi connectivity index (χ1) is 30.7. The van der Waals surface area contributed by atoms with E-state index in [0.29, 0.717) is 17.5 Å².